The Kier molecular flexibility index (Phi) is 8.46. The Morgan fingerprint density at radius 1 is 0.846 bits per heavy atom. The molecular weight excluding hydrogens is 520 g/mol. The molecule has 2 amide bonds. The van der Waals surface area contributed by atoms with Crippen molar-refractivity contribution in [2.45, 2.75) is 33.6 Å². The molecule has 1 aliphatic heterocycles. The van der Waals surface area contributed by atoms with E-state index in [4.69, 9.17) is 21.1 Å². The molecular formula is C30H27ClN2O6. The van der Waals surface area contributed by atoms with Gasteiger partial charge in [-0.2, -0.15) is 0 Å². The molecule has 9 heteroatoms. The topological polar surface area (TPSA) is 102 Å². The number of anilines is 2. The van der Waals surface area contributed by atoms with E-state index >= 15 is 0 Å². The first kappa shape index (κ1) is 27.6. The lowest BCUT2D eigenvalue weighted by Crippen LogP contribution is -2.32. The fourth-order valence-electron chi connectivity index (χ4n) is 3.98. The molecule has 0 saturated carbocycles. The number of nitrogens with zero attached hydrogens (tertiary/aromatic N) is 1. The van der Waals surface area contributed by atoms with Crippen molar-refractivity contribution in [3.63, 3.8) is 0 Å². The molecule has 1 heterocycles. The van der Waals surface area contributed by atoms with Crippen molar-refractivity contribution in [2.24, 2.45) is 0 Å². The number of hydrogen-bond acceptors (Lipinski definition) is 7. The smallest absolute Gasteiger partial charge is 0.343 e. The maximum Gasteiger partial charge on any atom is 0.343 e. The standard InChI is InChI=1S/C30H27ClN2O6/c1-4-5-14-38-29(36)20-8-12-23(13-9-20)33-27(34)25(31)26(28(33)35)32-22-10-6-21(7-11-22)30(37)39-24-16-18(2)15-19(3)17-24/h6-13,15-17,32H,4-5,14H2,1-3H3. The van der Waals surface area contributed by atoms with Crippen molar-refractivity contribution >= 4 is 46.7 Å². The third kappa shape index (κ3) is 6.35. The van der Waals surface area contributed by atoms with Crippen LogP contribution >= 0.6 is 11.6 Å². The molecule has 0 saturated heterocycles. The fourth-order valence-corrected chi connectivity index (χ4v) is 4.19. The number of halogens is 1. The van der Waals surface area contributed by atoms with E-state index in [9.17, 15) is 19.2 Å². The van der Waals surface area contributed by atoms with Gasteiger partial charge in [-0.15, -0.1) is 0 Å². The number of aryl methyl sites for hydroxylation is 2. The molecule has 1 N–H and O–H groups in total. The van der Waals surface area contributed by atoms with Gasteiger partial charge >= 0.3 is 11.9 Å². The summed E-state index contributed by atoms with van der Waals surface area (Å²) in [5.74, 6) is -1.90. The summed E-state index contributed by atoms with van der Waals surface area (Å²) >= 11 is 6.23. The highest BCUT2D eigenvalue weighted by Crippen LogP contribution is 2.30. The summed E-state index contributed by atoms with van der Waals surface area (Å²) in [5.41, 5.74) is 3.18. The molecule has 0 radical (unpaired) electrons. The predicted molar refractivity (Wildman–Crippen MR) is 148 cm³/mol. The molecule has 200 valence electrons. The van der Waals surface area contributed by atoms with E-state index < -0.39 is 23.8 Å². The molecule has 4 rings (SSSR count). The van der Waals surface area contributed by atoms with E-state index in [1.165, 1.54) is 24.3 Å². The van der Waals surface area contributed by atoms with Gasteiger partial charge in [0.25, 0.3) is 11.8 Å². The number of amides is 2. The summed E-state index contributed by atoms with van der Waals surface area (Å²) < 4.78 is 10.7. The van der Waals surface area contributed by atoms with E-state index in [1.807, 2.05) is 26.8 Å². The van der Waals surface area contributed by atoms with Crippen molar-refractivity contribution in [1.29, 1.82) is 0 Å². The van der Waals surface area contributed by atoms with Crippen LogP contribution in [0.3, 0.4) is 0 Å². The van der Waals surface area contributed by atoms with Crippen LogP contribution in [0, 0.1) is 13.8 Å². The largest absolute Gasteiger partial charge is 0.462 e. The van der Waals surface area contributed by atoms with Crippen LogP contribution in [0.15, 0.2) is 77.5 Å². The number of ether oxygens (including phenoxy) is 2. The molecule has 0 spiro atoms. The van der Waals surface area contributed by atoms with Gasteiger partial charge in [-0.1, -0.05) is 31.0 Å². The van der Waals surface area contributed by atoms with Crippen LogP contribution < -0.4 is 15.0 Å². The van der Waals surface area contributed by atoms with Crippen molar-refractivity contribution in [3.8, 4) is 5.75 Å². The summed E-state index contributed by atoms with van der Waals surface area (Å²) in [6.45, 7) is 6.15. The van der Waals surface area contributed by atoms with E-state index in [0.717, 1.165) is 28.9 Å². The van der Waals surface area contributed by atoms with Crippen LogP contribution in [0.4, 0.5) is 11.4 Å². The Morgan fingerprint density at radius 2 is 1.44 bits per heavy atom. The summed E-state index contributed by atoms with van der Waals surface area (Å²) in [5, 5.41) is 2.59. The number of benzene rings is 3. The number of carbonyl (C=O) groups is 4. The predicted octanol–water partition coefficient (Wildman–Crippen LogP) is 5.92. The molecule has 0 aromatic heterocycles. The number of imide groups is 1. The average Bonchev–Trinajstić information content (AvgIpc) is 3.11. The number of esters is 2. The molecule has 0 atom stereocenters. The van der Waals surface area contributed by atoms with Gasteiger partial charge in [-0.3, -0.25) is 9.59 Å². The lowest BCUT2D eigenvalue weighted by atomic mass is 10.1. The van der Waals surface area contributed by atoms with E-state index in [0.29, 0.717) is 29.2 Å². The summed E-state index contributed by atoms with van der Waals surface area (Å²) in [7, 11) is 0. The first-order valence-corrected chi connectivity index (χ1v) is 12.8. The monoisotopic (exact) mass is 546 g/mol. The van der Waals surface area contributed by atoms with Crippen LogP contribution in [-0.4, -0.2) is 30.4 Å². The summed E-state index contributed by atoms with van der Waals surface area (Å²) in [4.78, 5) is 51.5. The highest BCUT2D eigenvalue weighted by atomic mass is 35.5. The Morgan fingerprint density at radius 3 is 2.05 bits per heavy atom. The van der Waals surface area contributed by atoms with Gasteiger partial charge in [0, 0.05) is 5.69 Å². The molecule has 1 aliphatic rings. The molecule has 0 aliphatic carbocycles. The van der Waals surface area contributed by atoms with E-state index in [2.05, 4.69) is 5.32 Å². The summed E-state index contributed by atoms with van der Waals surface area (Å²) in [6, 6.07) is 17.7. The molecule has 8 nitrogen and oxygen atoms in total. The van der Waals surface area contributed by atoms with Crippen molar-refractivity contribution in [1.82, 2.24) is 0 Å². The van der Waals surface area contributed by atoms with Gasteiger partial charge < -0.3 is 14.8 Å². The second kappa shape index (κ2) is 12.0. The Hall–Kier alpha value is -4.43. The van der Waals surface area contributed by atoms with Crippen LogP contribution in [-0.2, 0) is 14.3 Å². The van der Waals surface area contributed by atoms with Gasteiger partial charge in [0.05, 0.1) is 23.4 Å². The minimum Gasteiger partial charge on any atom is -0.462 e. The minimum atomic E-state index is -0.698. The van der Waals surface area contributed by atoms with Gasteiger partial charge in [-0.05, 0) is 92.1 Å². The second-order valence-corrected chi connectivity index (χ2v) is 9.46. The Bertz CT molecular complexity index is 1440. The normalized spacial score (nSPS) is 13.1. The quantitative estimate of drug-likeness (QED) is 0.154. The second-order valence-electron chi connectivity index (χ2n) is 9.09. The van der Waals surface area contributed by atoms with Crippen molar-refractivity contribution < 1.29 is 28.7 Å². The van der Waals surface area contributed by atoms with E-state index in [1.54, 1.807) is 36.4 Å². The van der Waals surface area contributed by atoms with Crippen LogP contribution in [0.1, 0.15) is 51.6 Å². The highest BCUT2D eigenvalue weighted by Gasteiger charge is 2.39. The summed E-state index contributed by atoms with van der Waals surface area (Å²) in [6.07, 6.45) is 1.67. The Balaban J connectivity index is 1.42. The zero-order chi connectivity index (χ0) is 28.1. The van der Waals surface area contributed by atoms with Gasteiger partial charge in [0.2, 0.25) is 0 Å². The average molecular weight is 547 g/mol. The zero-order valence-corrected chi connectivity index (χ0v) is 22.5. The maximum atomic E-state index is 13.1. The van der Waals surface area contributed by atoms with Gasteiger partial charge in [0.1, 0.15) is 16.5 Å². The maximum absolute atomic E-state index is 13.1. The number of hydrogen-bond donors (Lipinski definition) is 1. The molecule has 0 fully saturated rings. The van der Waals surface area contributed by atoms with Gasteiger partial charge in [0.15, 0.2) is 0 Å². The molecule has 0 bridgehead atoms. The number of nitrogens with one attached hydrogen (secondary N) is 1. The van der Waals surface area contributed by atoms with Crippen molar-refractivity contribution in [2.75, 3.05) is 16.8 Å². The number of carbonyl (C=O) groups excluding carboxylic acids is 4. The van der Waals surface area contributed by atoms with Crippen molar-refractivity contribution in [3.05, 3.63) is 99.7 Å². The first-order valence-electron chi connectivity index (χ1n) is 12.4. The molecule has 3 aromatic rings. The Labute approximate surface area is 231 Å². The number of rotatable bonds is 9. The fraction of sp³-hybridized carbons (Fsp3) is 0.200. The molecule has 3 aromatic carbocycles. The SMILES string of the molecule is CCCCOC(=O)c1ccc(N2C(=O)C(Cl)=C(Nc3ccc(C(=O)Oc4cc(C)cc(C)c4)cc3)C2=O)cc1. The molecule has 0 unspecified atom stereocenters. The van der Waals surface area contributed by atoms with Gasteiger partial charge in [-0.25, -0.2) is 14.5 Å². The van der Waals surface area contributed by atoms with Crippen LogP contribution in [0.2, 0.25) is 0 Å². The van der Waals surface area contributed by atoms with E-state index in [-0.39, 0.29) is 16.4 Å². The minimum absolute atomic E-state index is 0.102. The molecule has 39 heavy (non-hydrogen) atoms. The van der Waals surface area contributed by atoms with Crippen LogP contribution in [0.5, 0.6) is 5.75 Å². The zero-order valence-electron chi connectivity index (χ0n) is 21.7. The third-order valence-electron chi connectivity index (χ3n) is 5.92. The van der Waals surface area contributed by atoms with Crippen LogP contribution in [0.25, 0.3) is 0 Å². The first-order chi connectivity index (χ1) is 18.7. The third-order valence-corrected chi connectivity index (χ3v) is 6.27. The number of unbranched alkanes of at least 4 members (excludes halogenated alkanes) is 1. The lowest BCUT2D eigenvalue weighted by molar-refractivity contribution is -0.120. The highest BCUT2D eigenvalue weighted by molar-refractivity contribution is 6.53. The lowest BCUT2D eigenvalue weighted by Gasteiger charge is -2.15.